The van der Waals surface area contributed by atoms with E-state index >= 15 is 0 Å². The summed E-state index contributed by atoms with van der Waals surface area (Å²) >= 11 is 0. The fourth-order valence-electron chi connectivity index (χ4n) is 2.90. The van der Waals surface area contributed by atoms with Crippen LogP contribution in [0.1, 0.15) is 40.8 Å². The summed E-state index contributed by atoms with van der Waals surface area (Å²) in [5.74, 6) is 1.61. The van der Waals surface area contributed by atoms with Crippen LogP contribution in [0.2, 0.25) is 0 Å². The third kappa shape index (κ3) is 2.30. The predicted molar refractivity (Wildman–Crippen MR) is 80.0 cm³/mol. The molecule has 1 atom stereocenters. The molecule has 3 rings (SSSR count). The minimum atomic E-state index is 0.142. The van der Waals surface area contributed by atoms with Crippen LogP contribution in [-0.2, 0) is 6.42 Å². The molecule has 0 unspecified atom stereocenters. The zero-order valence-electron chi connectivity index (χ0n) is 12.8. The fourth-order valence-corrected chi connectivity index (χ4v) is 2.90. The summed E-state index contributed by atoms with van der Waals surface area (Å²) < 4.78 is 1.72. The van der Waals surface area contributed by atoms with Gasteiger partial charge in [-0.2, -0.15) is 0 Å². The molecule has 6 nitrogen and oxygen atoms in total. The maximum absolute atomic E-state index is 12.3. The molecule has 6 heteroatoms. The largest absolute Gasteiger partial charge is 0.371 e. The number of ketones is 1. The lowest BCUT2D eigenvalue weighted by atomic mass is 9.88. The van der Waals surface area contributed by atoms with Crippen molar-refractivity contribution in [3.63, 3.8) is 0 Å². The number of aromatic nitrogens is 4. The molecule has 2 heterocycles. The molecule has 21 heavy (non-hydrogen) atoms. The third-order valence-electron chi connectivity index (χ3n) is 3.73. The summed E-state index contributed by atoms with van der Waals surface area (Å²) in [7, 11) is 1.78. The van der Waals surface area contributed by atoms with E-state index in [1.807, 2.05) is 19.9 Å². The van der Waals surface area contributed by atoms with Crippen molar-refractivity contribution in [3.05, 3.63) is 28.7 Å². The standard InChI is InChI=1S/C15H19N5O/c1-8-5-11-13(12(21)6-8)14(16-4)19-20(11)15-17-9(2)7-10(3)18-15/h7-8H,5-6H2,1-4H3,(H,16,19)/t8-/m1/s1. The van der Waals surface area contributed by atoms with E-state index in [0.29, 0.717) is 29.7 Å². The molecule has 1 N–H and O–H groups in total. The highest BCUT2D eigenvalue weighted by Gasteiger charge is 2.31. The highest BCUT2D eigenvalue weighted by molar-refractivity contribution is 6.02. The van der Waals surface area contributed by atoms with Crippen LogP contribution in [0, 0.1) is 19.8 Å². The van der Waals surface area contributed by atoms with Crippen LogP contribution in [-0.4, -0.2) is 32.6 Å². The summed E-state index contributed by atoms with van der Waals surface area (Å²) in [6.45, 7) is 5.95. The maximum Gasteiger partial charge on any atom is 0.251 e. The fraction of sp³-hybridized carbons (Fsp3) is 0.467. The van der Waals surface area contributed by atoms with E-state index in [9.17, 15) is 4.79 Å². The zero-order chi connectivity index (χ0) is 15.1. The summed E-state index contributed by atoms with van der Waals surface area (Å²) in [5.41, 5.74) is 3.39. The number of nitrogens with zero attached hydrogens (tertiary/aromatic N) is 4. The van der Waals surface area contributed by atoms with Crippen LogP contribution < -0.4 is 5.32 Å². The van der Waals surface area contributed by atoms with Gasteiger partial charge in [-0.3, -0.25) is 4.79 Å². The number of hydrogen-bond donors (Lipinski definition) is 1. The van der Waals surface area contributed by atoms with Crippen molar-refractivity contribution in [1.29, 1.82) is 0 Å². The maximum atomic E-state index is 12.3. The van der Waals surface area contributed by atoms with Gasteiger partial charge in [0.1, 0.15) is 0 Å². The molecule has 0 spiro atoms. The van der Waals surface area contributed by atoms with Crippen molar-refractivity contribution in [2.45, 2.75) is 33.6 Å². The van der Waals surface area contributed by atoms with Crippen LogP contribution in [0.3, 0.4) is 0 Å². The number of anilines is 1. The van der Waals surface area contributed by atoms with Crippen molar-refractivity contribution in [3.8, 4) is 5.95 Å². The highest BCUT2D eigenvalue weighted by Crippen LogP contribution is 2.31. The molecule has 0 bridgehead atoms. The van der Waals surface area contributed by atoms with Gasteiger partial charge in [0, 0.05) is 24.9 Å². The molecule has 2 aromatic heterocycles. The number of carbonyl (C=O) groups excluding carboxylic acids is 1. The van der Waals surface area contributed by atoms with Crippen LogP contribution >= 0.6 is 0 Å². The molecule has 0 fully saturated rings. The molecule has 110 valence electrons. The van der Waals surface area contributed by atoms with Crippen molar-refractivity contribution in [2.75, 3.05) is 12.4 Å². The van der Waals surface area contributed by atoms with Crippen LogP contribution in [0.4, 0.5) is 5.82 Å². The van der Waals surface area contributed by atoms with Crippen LogP contribution in [0.5, 0.6) is 0 Å². The predicted octanol–water partition coefficient (Wildman–Crippen LogP) is 2.09. The summed E-state index contributed by atoms with van der Waals surface area (Å²) in [6, 6.07) is 1.92. The van der Waals surface area contributed by atoms with Crippen molar-refractivity contribution in [2.24, 2.45) is 5.92 Å². The Morgan fingerprint density at radius 2 is 1.90 bits per heavy atom. The molecular formula is C15H19N5O. The van der Waals surface area contributed by atoms with Gasteiger partial charge in [-0.1, -0.05) is 6.92 Å². The van der Waals surface area contributed by atoms with Crippen molar-refractivity contribution >= 4 is 11.6 Å². The summed E-state index contributed by atoms with van der Waals surface area (Å²) in [5, 5.41) is 7.52. The van der Waals surface area contributed by atoms with E-state index < -0.39 is 0 Å². The van der Waals surface area contributed by atoms with Gasteiger partial charge in [-0.25, -0.2) is 14.6 Å². The van der Waals surface area contributed by atoms with Crippen LogP contribution in [0.15, 0.2) is 6.07 Å². The molecule has 2 aromatic rings. The van der Waals surface area contributed by atoms with E-state index in [1.165, 1.54) is 0 Å². The van der Waals surface area contributed by atoms with Gasteiger partial charge in [-0.15, -0.1) is 5.10 Å². The average molecular weight is 285 g/mol. The lowest BCUT2D eigenvalue weighted by molar-refractivity contribution is 0.0953. The molecule has 0 aliphatic heterocycles. The average Bonchev–Trinajstić information content (AvgIpc) is 2.76. The number of nitrogens with one attached hydrogen (secondary N) is 1. The second-order valence-corrected chi connectivity index (χ2v) is 5.72. The number of rotatable bonds is 2. The minimum Gasteiger partial charge on any atom is -0.371 e. The Morgan fingerprint density at radius 3 is 2.52 bits per heavy atom. The van der Waals surface area contributed by atoms with E-state index in [4.69, 9.17) is 0 Å². The van der Waals surface area contributed by atoms with Gasteiger partial charge in [0.15, 0.2) is 11.6 Å². The Balaban J connectivity index is 2.22. The first-order chi connectivity index (χ1) is 9.99. The quantitative estimate of drug-likeness (QED) is 0.914. The molecule has 0 amide bonds. The molecule has 0 saturated carbocycles. The van der Waals surface area contributed by atoms with Crippen molar-refractivity contribution < 1.29 is 4.79 Å². The Bertz CT molecular complexity index is 699. The topological polar surface area (TPSA) is 72.7 Å². The van der Waals surface area contributed by atoms with E-state index in [2.05, 4.69) is 27.3 Å². The highest BCUT2D eigenvalue weighted by atomic mass is 16.1. The Morgan fingerprint density at radius 1 is 1.24 bits per heavy atom. The van der Waals surface area contributed by atoms with Gasteiger partial charge in [0.2, 0.25) is 0 Å². The van der Waals surface area contributed by atoms with E-state index in [-0.39, 0.29) is 5.78 Å². The van der Waals surface area contributed by atoms with Gasteiger partial charge in [0.25, 0.3) is 5.95 Å². The SMILES string of the molecule is CNc1nn(-c2nc(C)cc(C)n2)c2c1C(=O)C[C@H](C)C2. The van der Waals surface area contributed by atoms with Crippen molar-refractivity contribution in [1.82, 2.24) is 19.7 Å². The number of Topliss-reactive ketones (excluding diaryl/α,β-unsaturated/α-hetero) is 1. The van der Waals surface area contributed by atoms with Gasteiger partial charge in [0.05, 0.1) is 11.3 Å². The number of aryl methyl sites for hydroxylation is 2. The second-order valence-electron chi connectivity index (χ2n) is 5.72. The second kappa shape index (κ2) is 4.95. The van der Waals surface area contributed by atoms with Gasteiger partial charge >= 0.3 is 0 Å². The summed E-state index contributed by atoms with van der Waals surface area (Å²) in [6.07, 6.45) is 1.38. The van der Waals surface area contributed by atoms with Gasteiger partial charge in [-0.05, 0) is 32.3 Å². The first kappa shape index (κ1) is 13.7. The molecule has 0 saturated heterocycles. The van der Waals surface area contributed by atoms with Crippen LogP contribution in [0.25, 0.3) is 5.95 Å². The molecule has 0 aromatic carbocycles. The molecular weight excluding hydrogens is 266 g/mol. The first-order valence-electron chi connectivity index (χ1n) is 7.15. The Kier molecular flexibility index (Phi) is 3.23. The monoisotopic (exact) mass is 285 g/mol. The molecule has 1 aliphatic carbocycles. The normalized spacial score (nSPS) is 17.7. The van der Waals surface area contributed by atoms with Gasteiger partial charge < -0.3 is 5.32 Å². The number of carbonyl (C=O) groups is 1. The Hall–Kier alpha value is -2.24. The zero-order valence-corrected chi connectivity index (χ0v) is 12.8. The first-order valence-corrected chi connectivity index (χ1v) is 7.15. The molecule has 0 radical (unpaired) electrons. The number of fused-ring (bicyclic) bond motifs is 1. The minimum absolute atomic E-state index is 0.142. The van der Waals surface area contributed by atoms with E-state index in [0.717, 1.165) is 23.5 Å². The smallest absolute Gasteiger partial charge is 0.251 e. The number of hydrogen-bond acceptors (Lipinski definition) is 5. The Labute approximate surface area is 123 Å². The van der Waals surface area contributed by atoms with E-state index in [1.54, 1.807) is 11.7 Å². The lowest BCUT2D eigenvalue weighted by Crippen LogP contribution is -2.20. The lowest BCUT2D eigenvalue weighted by Gasteiger charge is -2.18. The summed E-state index contributed by atoms with van der Waals surface area (Å²) in [4.78, 5) is 21.2. The third-order valence-corrected chi connectivity index (χ3v) is 3.73. The molecule has 1 aliphatic rings.